The van der Waals surface area contributed by atoms with E-state index >= 15 is 0 Å². The van der Waals surface area contributed by atoms with E-state index in [2.05, 4.69) is 10.3 Å². The van der Waals surface area contributed by atoms with Gasteiger partial charge in [0.25, 0.3) is 11.8 Å². The molecule has 1 fully saturated rings. The molecule has 3 rings (SSSR count). The summed E-state index contributed by atoms with van der Waals surface area (Å²) in [5.41, 5.74) is 0.702. The van der Waals surface area contributed by atoms with Gasteiger partial charge in [-0.05, 0) is 37.1 Å². The van der Waals surface area contributed by atoms with Gasteiger partial charge in [-0.2, -0.15) is 0 Å². The maximum Gasteiger partial charge on any atom is 0.306 e. The predicted octanol–water partition coefficient (Wildman–Crippen LogP) is 2.34. The van der Waals surface area contributed by atoms with Gasteiger partial charge >= 0.3 is 5.97 Å². The largest absolute Gasteiger partial charge is 0.497 e. The minimum absolute atomic E-state index is 0.249. The van der Waals surface area contributed by atoms with E-state index in [0.717, 1.165) is 0 Å². The predicted molar refractivity (Wildman–Crippen MR) is 99.3 cm³/mol. The molecule has 0 aliphatic carbocycles. The first kappa shape index (κ1) is 18.8. The number of nitrogens with zero attached hydrogens (tertiary/aromatic N) is 2. The zero-order valence-corrected chi connectivity index (χ0v) is 15.5. The van der Waals surface area contributed by atoms with Gasteiger partial charge < -0.3 is 14.7 Å². The number of carbonyl (C=O) groups is 3. The number of carboxylic acids is 1. The summed E-state index contributed by atoms with van der Waals surface area (Å²) in [6, 6.07) is 6.65. The summed E-state index contributed by atoms with van der Waals surface area (Å²) in [6.45, 7) is 0.779. The van der Waals surface area contributed by atoms with Crippen molar-refractivity contribution in [2.24, 2.45) is 5.92 Å². The lowest BCUT2D eigenvalue weighted by molar-refractivity contribution is -0.143. The van der Waals surface area contributed by atoms with Crippen molar-refractivity contribution in [3.63, 3.8) is 0 Å². The Bertz CT molecular complexity index is 841. The zero-order chi connectivity index (χ0) is 19.4. The van der Waals surface area contributed by atoms with Crippen molar-refractivity contribution in [3.05, 3.63) is 40.9 Å². The summed E-state index contributed by atoms with van der Waals surface area (Å²) >= 11 is 1.17. The van der Waals surface area contributed by atoms with E-state index in [4.69, 9.17) is 9.84 Å². The van der Waals surface area contributed by atoms with Crippen molar-refractivity contribution in [1.29, 1.82) is 0 Å². The summed E-state index contributed by atoms with van der Waals surface area (Å²) < 4.78 is 5.06. The molecule has 2 amide bonds. The van der Waals surface area contributed by atoms with Crippen LogP contribution in [0.4, 0.5) is 5.13 Å². The quantitative estimate of drug-likeness (QED) is 0.812. The highest BCUT2D eigenvalue weighted by molar-refractivity contribution is 7.14. The molecule has 1 aliphatic heterocycles. The maximum atomic E-state index is 12.5. The van der Waals surface area contributed by atoms with Crippen molar-refractivity contribution >= 4 is 34.3 Å². The third-order valence-electron chi connectivity index (χ3n) is 4.43. The molecule has 142 valence electrons. The molecule has 2 aromatic rings. The van der Waals surface area contributed by atoms with Crippen molar-refractivity contribution in [1.82, 2.24) is 9.88 Å². The smallest absolute Gasteiger partial charge is 0.306 e. The van der Waals surface area contributed by atoms with E-state index in [9.17, 15) is 14.4 Å². The lowest BCUT2D eigenvalue weighted by Crippen LogP contribution is -2.40. The maximum absolute atomic E-state index is 12.5. The summed E-state index contributed by atoms with van der Waals surface area (Å²) in [4.78, 5) is 41.6. The molecule has 2 heterocycles. The van der Waals surface area contributed by atoms with E-state index in [1.807, 2.05) is 0 Å². The monoisotopic (exact) mass is 389 g/mol. The van der Waals surface area contributed by atoms with Crippen LogP contribution in [0.25, 0.3) is 0 Å². The van der Waals surface area contributed by atoms with Gasteiger partial charge in [-0.25, -0.2) is 4.98 Å². The summed E-state index contributed by atoms with van der Waals surface area (Å²) in [6.07, 6.45) is 0.874. The van der Waals surface area contributed by atoms with Crippen LogP contribution in [0.3, 0.4) is 0 Å². The van der Waals surface area contributed by atoms with Gasteiger partial charge in [0.1, 0.15) is 11.4 Å². The second-order valence-corrected chi connectivity index (χ2v) is 6.98. The number of carboxylic acid groups (broad SMARTS) is 1. The van der Waals surface area contributed by atoms with Gasteiger partial charge in [0, 0.05) is 24.0 Å². The molecule has 0 saturated carbocycles. The Morgan fingerprint density at radius 2 is 1.89 bits per heavy atom. The Morgan fingerprint density at radius 1 is 1.22 bits per heavy atom. The summed E-state index contributed by atoms with van der Waals surface area (Å²) in [7, 11) is 1.55. The molecule has 0 atom stereocenters. The molecule has 1 saturated heterocycles. The van der Waals surface area contributed by atoms with Crippen LogP contribution in [0.2, 0.25) is 0 Å². The second-order valence-electron chi connectivity index (χ2n) is 6.13. The molecule has 2 N–H and O–H groups in total. The average Bonchev–Trinajstić information content (AvgIpc) is 3.16. The highest BCUT2D eigenvalue weighted by atomic mass is 32.1. The SMILES string of the molecule is COc1ccc(C(=O)Nc2nc(C(=O)N3CCC(C(=O)O)CC3)cs2)cc1. The van der Waals surface area contributed by atoms with Crippen LogP contribution in [0.5, 0.6) is 5.75 Å². The van der Waals surface area contributed by atoms with Gasteiger partial charge in [-0.15, -0.1) is 11.3 Å². The molecule has 1 aromatic heterocycles. The highest BCUT2D eigenvalue weighted by Gasteiger charge is 2.28. The van der Waals surface area contributed by atoms with Gasteiger partial charge in [-0.1, -0.05) is 0 Å². The number of rotatable bonds is 5. The molecule has 0 bridgehead atoms. The van der Waals surface area contributed by atoms with Gasteiger partial charge in [0.2, 0.25) is 0 Å². The number of hydrogen-bond acceptors (Lipinski definition) is 6. The van der Waals surface area contributed by atoms with Crippen molar-refractivity contribution < 1.29 is 24.2 Å². The molecule has 9 heteroatoms. The number of methoxy groups -OCH3 is 1. The number of aliphatic carboxylic acids is 1. The number of amides is 2. The number of hydrogen-bond donors (Lipinski definition) is 2. The fourth-order valence-corrected chi connectivity index (χ4v) is 3.51. The Labute approximate surface area is 159 Å². The molecular formula is C18H19N3O5S. The van der Waals surface area contributed by atoms with Crippen LogP contribution in [0.15, 0.2) is 29.6 Å². The molecular weight excluding hydrogens is 370 g/mol. The first-order valence-electron chi connectivity index (χ1n) is 8.41. The van der Waals surface area contributed by atoms with E-state index in [1.54, 1.807) is 41.7 Å². The standard InChI is InChI=1S/C18H19N3O5S/c1-26-13-4-2-11(3-5-13)15(22)20-18-19-14(10-27-18)16(23)21-8-6-12(7-9-21)17(24)25/h2-5,10,12H,6-9H2,1H3,(H,24,25)(H,19,20,22). The van der Waals surface area contributed by atoms with Gasteiger partial charge in [0.05, 0.1) is 13.0 Å². The Hall–Kier alpha value is -2.94. The van der Waals surface area contributed by atoms with Crippen molar-refractivity contribution in [2.45, 2.75) is 12.8 Å². The van der Waals surface area contributed by atoms with E-state index < -0.39 is 11.9 Å². The van der Waals surface area contributed by atoms with Crippen molar-refractivity contribution in [3.8, 4) is 5.75 Å². The van der Waals surface area contributed by atoms with E-state index in [0.29, 0.717) is 42.4 Å². The lowest BCUT2D eigenvalue weighted by atomic mass is 9.97. The number of carbonyl (C=O) groups excluding carboxylic acids is 2. The topological polar surface area (TPSA) is 109 Å². The zero-order valence-electron chi connectivity index (χ0n) is 14.7. The number of aromatic nitrogens is 1. The highest BCUT2D eigenvalue weighted by Crippen LogP contribution is 2.22. The fraction of sp³-hybridized carbons (Fsp3) is 0.333. The van der Waals surface area contributed by atoms with Gasteiger partial charge in [-0.3, -0.25) is 19.7 Å². The van der Waals surface area contributed by atoms with Crippen molar-refractivity contribution in [2.75, 3.05) is 25.5 Å². The molecule has 1 aromatic carbocycles. The Balaban J connectivity index is 1.60. The number of nitrogens with one attached hydrogen (secondary N) is 1. The van der Waals surface area contributed by atoms with Crippen LogP contribution in [-0.4, -0.2) is 53.0 Å². The normalized spacial score (nSPS) is 14.6. The fourth-order valence-electron chi connectivity index (χ4n) is 2.83. The third kappa shape index (κ3) is 4.43. The molecule has 0 spiro atoms. The van der Waals surface area contributed by atoms with Crippen LogP contribution < -0.4 is 10.1 Å². The number of likely N-dealkylation sites (tertiary alicyclic amines) is 1. The van der Waals surface area contributed by atoms with Crippen LogP contribution >= 0.6 is 11.3 Å². The molecule has 0 unspecified atom stereocenters. The second kappa shape index (κ2) is 8.17. The lowest BCUT2D eigenvalue weighted by Gasteiger charge is -2.29. The van der Waals surface area contributed by atoms with E-state index in [-0.39, 0.29) is 17.5 Å². The average molecular weight is 389 g/mol. The van der Waals surface area contributed by atoms with E-state index in [1.165, 1.54) is 11.3 Å². The minimum Gasteiger partial charge on any atom is -0.497 e. The number of piperidine rings is 1. The summed E-state index contributed by atoms with van der Waals surface area (Å²) in [5.74, 6) is -1.14. The Kier molecular flexibility index (Phi) is 5.70. The van der Waals surface area contributed by atoms with Crippen LogP contribution in [-0.2, 0) is 4.79 Å². The molecule has 27 heavy (non-hydrogen) atoms. The number of benzene rings is 1. The Morgan fingerprint density at radius 3 is 2.48 bits per heavy atom. The summed E-state index contributed by atoms with van der Waals surface area (Å²) in [5, 5.41) is 13.6. The van der Waals surface area contributed by atoms with Gasteiger partial charge in [0.15, 0.2) is 5.13 Å². The molecule has 1 aliphatic rings. The first-order chi connectivity index (χ1) is 13.0. The molecule has 0 radical (unpaired) electrons. The van der Waals surface area contributed by atoms with Crippen LogP contribution in [0.1, 0.15) is 33.7 Å². The number of ether oxygens (including phenoxy) is 1. The first-order valence-corrected chi connectivity index (χ1v) is 9.29. The third-order valence-corrected chi connectivity index (χ3v) is 5.19. The minimum atomic E-state index is -0.820. The molecule has 8 nitrogen and oxygen atoms in total. The van der Waals surface area contributed by atoms with Crippen LogP contribution in [0, 0.1) is 5.92 Å². The number of thiazole rings is 1. The number of anilines is 1.